The van der Waals surface area contributed by atoms with Gasteiger partial charge in [0.1, 0.15) is 29.2 Å². The molecular formula is C37H38FN5O7. The summed E-state index contributed by atoms with van der Waals surface area (Å²) >= 11 is 0. The Labute approximate surface area is 288 Å². The fraction of sp³-hybridized carbons (Fsp3) is 0.324. The minimum absolute atomic E-state index is 0.0479. The molecule has 3 amide bonds. The highest BCUT2D eigenvalue weighted by Crippen LogP contribution is 2.29. The molecule has 2 N–H and O–H groups in total. The average molecular weight is 684 g/mol. The molecule has 12 nitrogen and oxygen atoms in total. The molecule has 1 fully saturated rings. The summed E-state index contributed by atoms with van der Waals surface area (Å²) in [5.41, 5.74) is 2.64. The molecule has 3 aliphatic rings. The van der Waals surface area contributed by atoms with Crippen LogP contribution in [-0.4, -0.2) is 71.1 Å². The smallest absolute Gasteiger partial charge is 0.347 e. The fourth-order valence-electron chi connectivity index (χ4n) is 6.25. The van der Waals surface area contributed by atoms with Gasteiger partial charge in [0.05, 0.1) is 18.7 Å². The number of nitrogens with zero attached hydrogens (tertiary/aromatic N) is 3. The van der Waals surface area contributed by atoms with Gasteiger partial charge in [-0.3, -0.25) is 19.0 Å². The van der Waals surface area contributed by atoms with Crippen molar-refractivity contribution in [1.29, 1.82) is 0 Å². The highest BCUT2D eigenvalue weighted by atomic mass is 19.1. The number of aromatic nitrogens is 2. The largest absolute Gasteiger partial charge is 0.496 e. The first-order chi connectivity index (χ1) is 24.1. The molecule has 0 aliphatic carbocycles. The number of halogens is 1. The molecule has 6 bridgehead atoms. The van der Waals surface area contributed by atoms with Crippen LogP contribution in [0.3, 0.4) is 0 Å². The predicted octanol–water partition coefficient (Wildman–Crippen LogP) is 3.55. The van der Waals surface area contributed by atoms with Crippen molar-refractivity contribution < 1.29 is 33.0 Å². The van der Waals surface area contributed by atoms with Crippen LogP contribution in [0.4, 0.5) is 4.39 Å². The van der Waals surface area contributed by atoms with Crippen molar-refractivity contribution in [2.45, 2.75) is 51.9 Å². The van der Waals surface area contributed by atoms with Crippen LogP contribution in [0.1, 0.15) is 40.2 Å². The summed E-state index contributed by atoms with van der Waals surface area (Å²) in [6.07, 6.45) is -0.182. The molecule has 1 saturated heterocycles. The number of hydrogen-bond acceptors (Lipinski definition) is 8. The van der Waals surface area contributed by atoms with E-state index < -0.39 is 29.6 Å². The van der Waals surface area contributed by atoms with Gasteiger partial charge in [0, 0.05) is 62.0 Å². The van der Waals surface area contributed by atoms with E-state index in [1.807, 2.05) is 0 Å². The number of amides is 3. The fourth-order valence-corrected chi connectivity index (χ4v) is 6.25. The Morgan fingerprint density at radius 3 is 2.64 bits per heavy atom. The zero-order chi connectivity index (χ0) is 35.4. The Hall–Kier alpha value is -5.72. The first-order valence-corrected chi connectivity index (χ1v) is 16.3. The normalized spacial score (nSPS) is 17.8. The summed E-state index contributed by atoms with van der Waals surface area (Å²) in [4.78, 5) is 57.9. The molecule has 0 unspecified atom stereocenters. The maximum absolute atomic E-state index is 15.2. The van der Waals surface area contributed by atoms with Gasteiger partial charge >= 0.3 is 5.69 Å². The lowest BCUT2D eigenvalue weighted by atomic mass is 9.99. The zero-order valence-electron chi connectivity index (χ0n) is 28.0. The van der Waals surface area contributed by atoms with E-state index in [0.29, 0.717) is 58.3 Å². The number of ether oxygens (including phenoxy) is 3. The Balaban J connectivity index is 1.30. The monoisotopic (exact) mass is 683 g/mol. The van der Waals surface area contributed by atoms with Crippen molar-refractivity contribution in [3.63, 3.8) is 0 Å². The zero-order valence-corrected chi connectivity index (χ0v) is 28.0. The molecule has 260 valence electrons. The molecule has 0 spiro atoms. The summed E-state index contributed by atoms with van der Waals surface area (Å²) in [6.45, 7) is 4.07. The van der Waals surface area contributed by atoms with Crippen LogP contribution >= 0.6 is 0 Å². The lowest BCUT2D eigenvalue weighted by Gasteiger charge is -2.39. The molecule has 50 heavy (non-hydrogen) atoms. The number of benzene rings is 3. The Morgan fingerprint density at radius 1 is 1.02 bits per heavy atom. The standard InChI is InChI=1S/C37H38FN5O7/c1-22-15-23(2)43(37(47)40-22)14-12-35(45)42-13-11-32-31(20-42)41-36(46)29-17-25(8-10-30(29)38)24-5-4-6-27(16-24)49-21-34(44)39-19-26-7-9-28(50-32)18-33(26)48-3/h4-10,15-18,31-32H,11-14,19-21H2,1-3H3,(H,39,44)(H,41,46)/t31-,32+/m1/s1. The summed E-state index contributed by atoms with van der Waals surface area (Å²) in [5.74, 6) is -0.576. The Morgan fingerprint density at radius 2 is 1.84 bits per heavy atom. The van der Waals surface area contributed by atoms with E-state index in [9.17, 15) is 19.2 Å². The number of carbonyl (C=O) groups excluding carboxylic acids is 3. The first kappa shape index (κ1) is 34.2. The van der Waals surface area contributed by atoms with E-state index in [1.165, 1.54) is 23.8 Å². The number of nitrogens with one attached hydrogen (secondary N) is 2. The van der Waals surface area contributed by atoms with E-state index in [2.05, 4.69) is 15.6 Å². The van der Waals surface area contributed by atoms with Gasteiger partial charge in [-0.1, -0.05) is 18.2 Å². The second-order valence-electron chi connectivity index (χ2n) is 12.3. The lowest BCUT2D eigenvalue weighted by molar-refractivity contribution is -0.134. The van der Waals surface area contributed by atoms with Gasteiger partial charge in [-0.2, -0.15) is 4.98 Å². The summed E-state index contributed by atoms with van der Waals surface area (Å²) in [5, 5.41) is 5.78. The van der Waals surface area contributed by atoms with Gasteiger partial charge in [-0.25, -0.2) is 9.18 Å². The van der Waals surface area contributed by atoms with E-state index in [0.717, 1.165) is 0 Å². The summed E-state index contributed by atoms with van der Waals surface area (Å²) in [7, 11) is 1.51. The van der Waals surface area contributed by atoms with Gasteiger partial charge in [0.15, 0.2) is 6.61 Å². The van der Waals surface area contributed by atoms with E-state index in [-0.39, 0.29) is 50.0 Å². The number of likely N-dealkylation sites (tertiary alicyclic amines) is 1. The van der Waals surface area contributed by atoms with Crippen LogP contribution in [0.2, 0.25) is 0 Å². The second kappa shape index (κ2) is 14.8. The van der Waals surface area contributed by atoms with Crippen molar-refractivity contribution in [3.05, 3.63) is 106 Å². The van der Waals surface area contributed by atoms with Crippen LogP contribution in [-0.2, 0) is 22.7 Å². The van der Waals surface area contributed by atoms with Crippen molar-refractivity contribution in [2.24, 2.45) is 0 Å². The summed E-state index contributed by atoms with van der Waals surface area (Å²) < 4.78 is 34.4. The van der Waals surface area contributed by atoms with Crippen LogP contribution < -0.4 is 30.5 Å². The third-order valence-electron chi connectivity index (χ3n) is 8.88. The van der Waals surface area contributed by atoms with Gasteiger partial charge < -0.3 is 29.7 Å². The number of rotatable bonds is 4. The minimum Gasteiger partial charge on any atom is -0.496 e. The predicted molar refractivity (Wildman–Crippen MR) is 182 cm³/mol. The van der Waals surface area contributed by atoms with Gasteiger partial charge in [-0.15, -0.1) is 0 Å². The Bertz CT molecular complexity index is 2000. The van der Waals surface area contributed by atoms with Gasteiger partial charge in [0.25, 0.3) is 11.8 Å². The second-order valence-corrected chi connectivity index (χ2v) is 12.3. The molecule has 4 aromatic rings. The molecule has 4 heterocycles. The topological polar surface area (TPSA) is 141 Å². The number of fused-ring (bicyclic) bond motifs is 7. The SMILES string of the molecule is COc1cc2ccc1CNC(=O)COc1cccc(c1)-c1ccc(F)c(c1)C(=O)N[C@@H]1CN(C(=O)CCn3c(C)cc(C)nc3=O)CC[C@@H]1O2. The van der Waals surface area contributed by atoms with Crippen LogP contribution in [0.5, 0.6) is 17.2 Å². The lowest BCUT2D eigenvalue weighted by Crippen LogP contribution is -2.58. The maximum atomic E-state index is 15.2. The number of hydrogen-bond donors (Lipinski definition) is 2. The Kier molecular flexibility index (Phi) is 10.1. The average Bonchev–Trinajstić information content (AvgIpc) is 3.10. The highest BCUT2D eigenvalue weighted by Gasteiger charge is 2.35. The van der Waals surface area contributed by atoms with Crippen LogP contribution in [0, 0.1) is 19.7 Å². The van der Waals surface area contributed by atoms with Crippen LogP contribution in [0.25, 0.3) is 11.1 Å². The molecule has 0 saturated carbocycles. The number of methoxy groups -OCH3 is 1. The summed E-state index contributed by atoms with van der Waals surface area (Å²) in [6, 6.07) is 17.4. The van der Waals surface area contributed by atoms with E-state index in [1.54, 1.807) is 73.3 Å². The molecule has 1 aromatic heterocycles. The molecule has 13 heteroatoms. The van der Waals surface area contributed by atoms with Gasteiger partial charge in [0.2, 0.25) is 5.91 Å². The molecule has 3 aliphatic heterocycles. The third-order valence-corrected chi connectivity index (χ3v) is 8.88. The molecule has 3 aromatic carbocycles. The van der Waals surface area contributed by atoms with Gasteiger partial charge in [-0.05, 0) is 67.4 Å². The quantitative estimate of drug-likeness (QED) is 0.333. The molecular weight excluding hydrogens is 645 g/mol. The maximum Gasteiger partial charge on any atom is 0.347 e. The number of carbonyl (C=O) groups is 3. The first-order valence-electron chi connectivity index (χ1n) is 16.3. The van der Waals surface area contributed by atoms with Crippen molar-refractivity contribution in [2.75, 3.05) is 26.8 Å². The molecule has 2 atom stereocenters. The number of aryl methyl sites for hydroxylation is 2. The van der Waals surface area contributed by atoms with E-state index in [4.69, 9.17) is 14.2 Å². The van der Waals surface area contributed by atoms with Crippen LogP contribution in [0.15, 0.2) is 71.5 Å². The van der Waals surface area contributed by atoms with E-state index >= 15 is 4.39 Å². The van der Waals surface area contributed by atoms with Crippen molar-refractivity contribution in [1.82, 2.24) is 25.1 Å². The number of piperidine rings is 1. The third kappa shape index (κ3) is 7.77. The highest BCUT2D eigenvalue weighted by molar-refractivity contribution is 5.96. The van der Waals surface area contributed by atoms with Crippen molar-refractivity contribution in [3.8, 4) is 28.4 Å². The minimum atomic E-state index is -0.721. The molecule has 0 radical (unpaired) electrons. The molecule has 7 rings (SSSR count). The van der Waals surface area contributed by atoms with Crippen molar-refractivity contribution >= 4 is 17.7 Å².